The molecule has 0 fully saturated rings. The predicted octanol–water partition coefficient (Wildman–Crippen LogP) is 1.85. The molecule has 0 radical (unpaired) electrons. The summed E-state index contributed by atoms with van der Waals surface area (Å²) in [5.41, 5.74) is 12.0. The third-order valence-electron chi connectivity index (χ3n) is 2.61. The molecule has 0 aliphatic heterocycles. The molecule has 0 amide bonds. The van der Waals surface area contributed by atoms with Crippen LogP contribution in [0.2, 0.25) is 0 Å². The largest absolute Gasteiger partial charge is 0.496 e. The number of benzene rings is 1. The molecule has 0 saturated carbocycles. The van der Waals surface area contributed by atoms with Crippen molar-refractivity contribution in [2.24, 2.45) is 0 Å². The molecule has 1 atom stereocenters. The fourth-order valence-corrected chi connectivity index (χ4v) is 2.84. The molecule has 7 heteroatoms. The molecule has 1 aromatic carbocycles. The Kier molecular flexibility index (Phi) is 4.31. The van der Waals surface area contributed by atoms with Crippen molar-refractivity contribution in [2.45, 2.75) is 23.1 Å². The summed E-state index contributed by atoms with van der Waals surface area (Å²) in [7, 11) is 1.56. The van der Waals surface area contributed by atoms with E-state index in [-0.39, 0.29) is 0 Å². The molecule has 0 bridgehead atoms. The van der Waals surface area contributed by atoms with Crippen LogP contribution in [-0.4, -0.2) is 22.2 Å². The maximum Gasteiger partial charge on any atom is 0.196 e. The van der Waals surface area contributed by atoms with Crippen LogP contribution in [0, 0.1) is 0 Å². The average molecular weight is 292 g/mol. The Bertz CT molecular complexity index is 599. The summed E-state index contributed by atoms with van der Waals surface area (Å²) in [6, 6.07) is 6.98. The molecule has 0 aliphatic rings. The smallest absolute Gasteiger partial charge is 0.196 e. The molecular formula is C13H16N4O2S. The van der Waals surface area contributed by atoms with Crippen LogP contribution < -0.4 is 16.2 Å². The Morgan fingerprint density at radius 2 is 1.90 bits per heavy atom. The highest BCUT2D eigenvalue weighted by atomic mass is 32.2. The van der Waals surface area contributed by atoms with E-state index in [1.807, 2.05) is 12.1 Å². The van der Waals surface area contributed by atoms with Gasteiger partial charge in [-0.1, -0.05) is 6.07 Å². The minimum Gasteiger partial charge on any atom is -0.496 e. The molecule has 1 heterocycles. The minimum atomic E-state index is -0.674. The first-order valence-electron chi connectivity index (χ1n) is 5.94. The van der Waals surface area contributed by atoms with Gasteiger partial charge in [0.05, 0.1) is 13.2 Å². The maximum atomic E-state index is 9.92. The molecule has 0 unspecified atom stereocenters. The minimum absolute atomic E-state index is 0.307. The summed E-state index contributed by atoms with van der Waals surface area (Å²) in [5, 5.41) is 10.3. The number of ether oxygens (including phenoxy) is 1. The van der Waals surface area contributed by atoms with E-state index in [0.717, 1.165) is 4.90 Å². The number of aliphatic hydroxyl groups excluding tert-OH is 1. The summed E-state index contributed by atoms with van der Waals surface area (Å²) in [6.07, 6.45) is -0.674. The number of rotatable bonds is 4. The van der Waals surface area contributed by atoms with Gasteiger partial charge in [0.1, 0.15) is 17.4 Å². The molecule has 0 aliphatic carbocycles. The van der Waals surface area contributed by atoms with Crippen molar-refractivity contribution in [2.75, 3.05) is 18.6 Å². The zero-order valence-electron chi connectivity index (χ0n) is 11.2. The third kappa shape index (κ3) is 3.12. The van der Waals surface area contributed by atoms with Gasteiger partial charge in [0.25, 0.3) is 0 Å². The summed E-state index contributed by atoms with van der Waals surface area (Å²) < 4.78 is 5.27. The Hall–Kier alpha value is -1.99. The Morgan fingerprint density at radius 3 is 2.45 bits per heavy atom. The van der Waals surface area contributed by atoms with Crippen LogP contribution in [0.3, 0.4) is 0 Å². The van der Waals surface area contributed by atoms with E-state index in [0.29, 0.717) is 28.1 Å². The fourth-order valence-electron chi connectivity index (χ4n) is 1.81. The van der Waals surface area contributed by atoms with Crippen LogP contribution >= 0.6 is 11.8 Å². The van der Waals surface area contributed by atoms with Crippen molar-refractivity contribution >= 4 is 23.4 Å². The van der Waals surface area contributed by atoms with Crippen molar-refractivity contribution in [1.82, 2.24) is 9.97 Å². The third-order valence-corrected chi connectivity index (χ3v) is 3.55. The van der Waals surface area contributed by atoms with Crippen LogP contribution in [-0.2, 0) is 0 Å². The van der Waals surface area contributed by atoms with E-state index < -0.39 is 6.10 Å². The number of nitrogens with two attached hydrogens (primary N) is 2. The molecule has 1 aromatic heterocycles. The lowest BCUT2D eigenvalue weighted by Crippen LogP contribution is -2.01. The van der Waals surface area contributed by atoms with Gasteiger partial charge < -0.3 is 21.3 Å². The second kappa shape index (κ2) is 5.98. The van der Waals surface area contributed by atoms with Gasteiger partial charge in [-0.2, -0.15) is 0 Å². The molecule has 0 saturated heterocycles. The van der Waals surface area contributed by atoms with Crippen LogP contribution in [0.5, 0.6) is 5.75 Å². The zero-order chi connectivity index (χ0) is 14.7. The lowest BCUT2D eigenvalue weighted by Gasteiger charge is -2.15. The molecule has 106 valence electrons. The second-order valence-electron chi connectivity index (χ2n) is 4.15. The van der Waals surface area contributed by atoms with Crippen molar-refractivity contribution in [3.8, 4) is 5.75 Å². The van der Waals surface area contributed by atoms with Crippen molar-refractivity contribution in [3.63, 3.8) is 0 Å². The topological polar surface area (TPSA) is 107 Å². The van der Waals surface area contributed by atoms with Crippen LogP contribution in [0.4, 0.5) is 11.6 Å². The summed E-state index contributed by atoms with van der Waals surface area (Å²) in [6.45, 7) is 1.68. The molecule has 0 spiro atoms. The number of nitrogen functional groups attached to an aromatic ring is 2. The zero-order valence-corrected chi connectivity index (χ0v) is 12.0. The molecule has 2 rings (SSSR count). The number of hydrogen-bond acceptors (Lipinski definition) is 7. The van der Waals surface area contributed by atoms with Gasteiger partial charge in [0.2, 0.25) is 0 Å². The van der Waals surface area contributed by atoms with Gasteiger partial charge in [-0.3, -0.25) is 0 Å². The van der Waals surface area contributed by atoms with Crippen LogP contribution in [0.1, 0.15) is 18.6 Å². The number of aromatic nitrogens is 2. The molecule has 6 nitrogen and oxygen atoms in total. The Labute approximate surface area is 121 Å². The fraction of sp³-hybridized carbons (Fsp3) is 0.231. The molecule has 2 aromatic rings. The van der Waals surface area contributed by atoms with E-state index >= 15 is 0 Å². The first kappa shape index (κ1) is 14.4. The summed E-state index contributed by atoms with van der Waals surface area (Å²) >= 11 is 1.28. The van der Waals surface area contributed by atoms with Crippen molar-refractivity contribution < 1.29 is 9.84 Å². The van der Waals surface area contributed by atoms with Crippen molar-refractivity contribution in [3.05, 3.63) is 29.8 Å². The van der Waals surface area contributed by atoms with Gasteiger partial charge in [-0.05, 0) is 30.8 Å². The van der Waals surface area contributed by atoms with Gasteiger partial charge in [-0.25, -0.2) is 9.97 Å². The highest BCUT2D eigenvalue weighted by molar-refractivity contribution is 7.99. The number of aliphatic hydroxyl groups is 1. The lowest BCUT2D eigenvalue weighted by atomic mass is 10.1. The monoisotopic (exact) mass is 292 g/mol. The normalized spacial score (nSPS) is 12.2. The standard InChI is InChI=1S/C13H16N4O2S/c1-7(18)12-8(19-2)4-3-5-9(12)20-13-16-10(14)6-11(15)17-13/h3-7,18H,1-2H3,(H4,14,15,16,17)/t7-/m0/s1. The highest BCUT2D eigenvalue weighted by Gasteiger charge is 2.16. The Morgan fingerprint density at radius 1 is 1.25 bits per heavy atom. The molecule has 20 heavy (non-hydrogen) atoms. The van der Waals surface area contributed by atoms with Gasteiger partial charge in [0.15, 0.2) is 5.16 Å². The maximum absolute atomic E-state index is 9.92. The van der Waals surface area contributed by atoms with Gasteiger partial charge in [0, 0.05) is 16.5 Å². The number of anilines is 2. The van der Waals surface area contributed by atoms with E-state index in [2.05, 4.69) is 9.97 Å². The lowest BCUT2D eigenvalue weighted by molar-refractivity contribution is 0.191. The average Bonchev–Trinajstić information content (AvgIpc) is 2.36. The quantitative estimate of drug-likeness (QED) is 0.738. The molecule has 5 N–H and O–H groups in total. The van der Waals surface area contributed by atoms with Crippen molar-refractivity contribution in [1.29, 1.82) is 0 Å². The van der Waals surface area contributed by atoms with Gasteiger partial charge in [-0.15, -0.1) is 0 Å². The van der Waals surface area contributed by atoms with Crippen LogP contribution in [0.25, 0.3) is 0 Å². The summed E-state index contributed by atoms with van der Waals surface area (Å²) in [4.78, 5) is 9.02. The molecular weight excluding hydrogens is 276 g/mol. The van der Waals surface area contributed by atoms with Crippen LogP contribution in [0.15, 0.2) is 34.3 Å². The number of nitrogens with zero attached hydrogens (tertiary/aromatic N) is 2. The van der Waals surface area contributed by atoms with E-state index in [4.69, 9.17) is 16.2 Å². The SMILES string of the molecule is COc1cccc(Sc2nc(N)cc(N)n2)c1[C@H](C)O. The predicted molar refractivity (Wildman–Crippen MR) is 78.6 cm³/mol. The highest BCUT2D eigenvalue weighted by Crippen LogP contribution is 2.37. The second-order valence-corrected chi connectivity index (χ2v) is 5.16. The van der Waals surface area contributed by atoms with E-state index in [9.17, 15) is 5.11 Å². The first-order chi connectivity index (χ1) is 9.51. The summed E-state index contributed by atoms with van der Waals surface area (Å²) in [5.74, 6) is 1.23. The van der Waals surface area contributed by atoms with E-state index in [1.54, 1.807) is 20.1 Å². The Balaban J connectivity index is 2.42. The van der Waals surface area contributed by atoms with E-state index in [1.165, 1.54) is 17.8 Å². The first-order valence-corrected chi connectivity index (χ1v) is 6.75. The number of methoxy groups -OCH3 is 1. The van der Waals surface area contributed by atoms with Gasteiger partial charge >= 0.3 is 0 Å². The number of hydrogen-bond donors (Lipinski definition) is 3.